The maximum atomic E-state index is 12.0. The van der Waals surface area contributed by atoms with Gasteiger partial charge in [-0.15, -0.1) is 0 Å². The Hall–Kier alpha value is -2.33. The van der Waals surface area contributed by atoms with Gasteiger partial charge in [0.05, 0.1) is 0 Å². The molecule has 2 aromatic carbocycles. The summed E-state index contributed by atoms with van der Waals surface area (Å²) in [6.07, 6.45) is 0.577. The summed E-state index contributed by atoms with van der Waals surface area (Å²) in [4.78, 5) is 13.9. The maximum absolute atomic E-state index is 12.0. The molecule has 3 aromatic rings. The molecule has 4 heteroatoms. The zero-order valence-corrected chi connectivity index (χ0v) is 12.3. The SMILES string of the molecule is NCC1CC(=O)N(Cc2ccc3oc4ccccc4c3c2)C1. The Morgan fingerprint density at radius 3 is 2.77 bits per heavy atom. The number of carbonyl (C=O) groups excluding carboxylic acids is 1. The van der Waals surface area contributed by atoms with Gasteiger partial charge in [-0.1, -0.05) is 24.3 Å². The van der Waals surface area contributed by atoms with Crippen LogP contribution in [0.4, 0.5) is 0 Å². The first kappa shape index (κ1) is 13.3. The molecule has 1 aliphatic heterocycles. The molecule has 4 nitrogen and oxygen atoms in total. The molecular formula is C18H18N2O2. The Bertz CT molecular complexity index is 853. The Kier molecular flexibility index (Phi) is 3.12. The van der Waals surface area contributed by atoms with Gasteiger partial charge in [0.25, 0.3) is 0 Å². The smallest absolute Gasteiger partial charge is 0.223 e. The number of amides is 1. The molecule has 2 N–H and O–H groups in total. The minimum Gasteiger partial charge on any atom is -0.456 e. The summed E-state index contributed by atoms with van der Waals surface area (Å²) in [6.45, 7) is 1.98. The predicted molar refractivity (Wildman–Crippen MR) is 86.3 cm³/mol. The monoisotopic (exact) mass is 294 g/mol. The molecule has 0 bridgehead atoms. The van der Waals surface area contributed by atoms with Crippen molar-refractivity contribution in [2.45, 2.75) is 13.0 Å². The molecule has 22 heavy (non-hydrogen) atoms. The number of para-hydroxylation sites is 1. The van der Waals surface area contributed by atoms with Crippen LogP contribution in [0, 0.1) is 5.92 Å². The molecule has 1 fully saturated rings. The zero-order chi connectivity index (χ0) is 15.1. The molecule has 0 aliphatic carbocycles. The van der Waals surface area contributed by atoms with Crippen LogP contribution in [0.25, 0.3) is 21.9 Å². The molecular weight excluding hydrogens is 276 g/mol. The molecule has 112 valence electrons. The summed E-state index contributed by atoms with van der Waals surface area (Å²) in [5.41, 5.74) is 8.60. The molecule has 1 aliphatic rings. The highest BCUT2D eigenvalue weighted by atomic mass is 16.3. The highest BCUT2D eigenvalue weighted by Gasteiger charge is 2.28. The van der Waals surface area contributed by atoms with Crippen LogP contribution in [0.2, 0.25) is 0 Å². The van der Waals surface area contributed by atoms with Crippen molar-refractivity contribution >= 4 is 27.8 Å². The first-order chi connectivity index (χ1) is 10.7. The number of hydrogen-bond acceptors (Lipinski definition) is 3. The third kappa shape index (κ3) is 2.16. The van der Waals surface area contributed by atoms with Crippen LogP contribution < -0.4 is 5.73 Å². The van der Waals surface area contributed by atoms with Gasteiger partial charge in [-0.3, -0.25) is 4.79 Å². The third-order valence-corrected chi connectivity index (χ3v) is 4.44. The average molecular weight is 294 g/mol. The maximum Gasteiger partial charge on any atom is 0.223 e. The Morgan fingerprint density at radius 1 is 1.14 bits per heavy atom. The van der Waals surface area contributed by atoms with Gasteiger partial charge in [0.2, 0.25) is 5.91 Å². The average Bonchev–Trinajstić information content (AvgIpc) is 3.08. The van der Waals surface area contributed by atoms with E-state index in [1.165, 1.54) is 0 Å². The summed E-state index contributed by atoms with van der Waals surface area (Å²) < 4.78 is 5.84. The summed E-state index contributed by atoms with van der Waals surface area (Å²) in [6, 6.07) is 14.2. The summed E-state index contributed by atoms with van der Waals surface area (Å²) in [5, 5.41) is 2.22. The summed E-state index contributed by atoms with van der Waals surface area (Å²) in [5.74, 6) is 0.499. The van der Waals surface area contributed by atoms with Gasteiger partial charge in [-0.25, -0.2) is 0 Å². The molecule has 1 aromatic heterocycles. The van der Waals surface area contributed by atoms with E-state index in [1.807, 2.05) is 35.2 Å². The number of nitrogens with two attached hydrogens (primary N) is 1. The number of hydrogen-bond donors (Lipinski definition) is 1. The van der Waals surface area contributed by atoms with Crippen LogP contribution in [-0.2, 0) is 11.3 Å². The van der Waals surface area contributed by atoms with Crippen molar-refractivity contribution in [3.05, 3.63) is 48.0 Å². The van der Waals surface area contributed by atoms with Gasteiger partial charge < -0.3 is 15.1 Å². The summed E-state index contributed by atoms with van der Waals surface area (Å²) in [7, 11) is 0. The Balaban J connectivity index is 1.68. The van der Waals surface area contributed by atoms with Crippen molar-refractivity contribution in [3.8, 4) is 0 Å². The first-order valence-electron chi connectivity index (χ1n) is 7.62. The first-order valence-corrected chi connectivity index (χ1v) is 7.62. The van der Waals surface area contributed by atoms with E-state index < -0.39 is 0 Å². The van der Waals surface area contributed by atoms with Crippen molar-refractivity contribution < 1.29 is 9.21 Å². The normalized spacial score (nSPS) is 18.7. The number of carbonyl (C=O) groups is 1. The quantitative estimate of drug-likeness (QED) is 0.808. The van der Waals surface area contributed by atoms with Crippen LogP contribution in [0.3, 0.4) is 0 Å². The third-order valence-electron chi connectivity index (χ3n) is 4.44. The lowest BCUT2D eigenvalue weighted by molar-refractivity contribution is -0.128. The lowest BCUT2D eigenvalue weighted by atomic mass is 10.1. The fraction of sp³-hybridized carbons (Fsp3) is 0.278. The summed E-state index contributed by atoms with van der Waals surface area (Å²) >= 11 is 0. The van der Waals surface area contributed by atoms with Gasteiger partial charge in [-0.05, 0) is 36.2 Å². The Labute approximate surface area is 128 Å². The zero-order valence-electron chi connectivity index (χ0n) is 12.3. The number of likely N-dealkylation sites (tertiary alicyclic amines) is 1. The number of benzene rings is 2. The second-order valence-electron chi connectivity index (χ2n) is 6.01. The van der Waals surface area contributed by atoms with Crippen molar-refractivity contribution in [1.29, 1.82) is 0 Å². The van der Waals surface area contributed by atoms with E-state index in [9.17, 15) is 4.79 Å². The lowest BCUT2D eigenvalue weighted by Crippen LogP contribution is -2.25. The van der Waals surface area contributed by atoms with Crippen molar-refractivity contribution in [2.24, 2.45) is 11.7 Å². The molecule has 2 heterocycles. The predicted octanol–water partition coefficient (Wildman–Crippen LogP) is 2.89. The van der Waals surface area contributed by atoms with E-state index in [0.717, 1.165) is 34.0 Å². The minimum atomic E-state index is 0.201. The highest BCUT2D eigenvalue weighted by Crippen LogP contribution is 2.30. The van der Waals surface area contributed by atoms with Gasteiger partial charge in [0.1, 0.15) is 11.2 Å². The molecule has 1 atom stereocenters. The van der Waals surface area contributed by atoms with Crippen LogP contribution >= 0.6 is 0 Å². The van der Waals surface area contributed by atoms with E-state index >= 15 is 0 Å². The van der Waals surface area contributed by atoms with Gasteiger partial charge in [0.15, 0.2) is 0 Å². The van der Waals surface area contributed by atoms with Gasteiger partial charge >= 0.3 is 0 Å². The fourth-order valence-corrected chi connectivity index (χ4v) is 3.26. The fourth-order valence-electron chi connectivity index (χ4n) is 3.26. The number of rotatable bonds is 3. The molecule has 0 saturated carbocycles. The van der Waals surface area contributed by atoms with E-state index in [0.29, 0.717) is 25.4 Å². The molecule has 1 saturated heterocycles. The van der Waals surface area contributed by atoms with Crippen LogP contribution in [0.1, 0.15) is 12.0 Å². The number of furan rings is 1. The van der Waals surface area contributed by atoms with Crippen molar-refractivity contribution in [3.63, 3.8) is 0 Å². The topological polar surface area (TPSA) is 59.5 Å². The van der Waals surface area contributed by atoms with E-state index in [-0.39, 0.29) is 5.91 Å². The van der Waals surface area contributed by atoms with E-state index in [4.69, 9.17) is 10.2 Å². The van der Waals surface area contributed by atoms with Gasteiger partial charge in [-0.2, -0.15) is 0 Å². The molecule has 1 unspecified atom stereocenters. The standard InChI is InChI=1S/C18H18N2O2/c19-9-13-8-18(21)20(11-13)10-12-5-6-17-15(7-12)14-3-1-2-4-16(14)22-17/h1-7,13H,8-11,19H2. The number of nitrogens with zero attached hydrogens (tertiary/aromatic N) is 1. The molecule has 1 amide bonds. The van der Waals surface area contributed by atoms with Crippen molar-refractivity contribution in [1.82, 2.24) is 4.90 Å². The minimum absolute atomic E-state index is 0.201. The highest BCUT2D eigenvalue weighted by molar-refractivity contribution is 6.05. The molecule has 0 spiro atoms. The molecule has 4 rings (SSSR count). The van der Waals surface area contributed by atoms with Crippen LogP contribution in [0.15, 0.2) is 46.9 Å². The van der Waals surface area contributed by atoms with Gasteiger partial charge in [0, 0.05) is 30.3 Å². The van der Waals surface area contributed by atoms with E-state index in [2.05, 4.69) is 12.1 Å². The second kappa shape index (κ2) is 5.14. The lowest BCUT2D eigenvalue weighted by Gasteiger charge is -2.16. The molecule has 0 radical (unpaired) electrons. The van der Waals surface area contributed by atoms with Crippen molar-refractivity contribution in [2.75, 3.05) is 13.1 Å². The number of fused-ring (bicyclic) bond motifs is 3. The van der Waals surface area contributed by atoms with Crippen LogP contribution in [-0.4, -0.2) is 23.9 Å². The van der Waals surface area contributed by atoms with Crippen LogP contribution in [0.5, 0.6) is 0 Å². The van der Waals surface area contributed by atoms with E-state index in [1.54, 1.807) is 0 Å². The largest absolute Gasteiger partial charge is 0.456 e. The Morgan fingerprint density at radius 2 is 1.95 bits per heavy atom. The second-order valence-corrected chi connectivity index (χ2v) is 6.01.